The molecule has 23 heavy (non-hydrogen) atoms. The second-order valence-corrected chi connectivity index (χ2v) is 5.86. The third kappa shape index (κ3) is 3.08. The fraction of sp³-hybridized carbons (Fsp3) is 0.278. The van der Waals surface area contributed by atoms with Crippen LogP contribution in [0.3, 0.4) is 0 Å². The van der Waals surface area contributed by atoms with E-state index in [1.54, 1.807) is 6.21 Å². The highest BCUT2D eigenvalue weighted by Crippen LogP contribution is 2.27. The van der Waals surface area contributed by atoms with E-state index in [2.05, 4.69) is 52.0 Å². The number of hydrogen-bond donors (Lipinski definition) is 2. The summed E-state index contributed by atoms with van der Waals surface area (Å²) in [6.07, 6.45) is 2.64. The molecule has 2 heterocycles. The minimum absolute atomic E-state index is 0.475. The molecule has 1 aromatic carbocycles. The number of rotatable bonds is 4. The number of aromatic amines is 1. The molecule has 0 radical (unpaired) electrons. The number of benzene rings is 1. The number of nitrogens with zero attached hydrogens (tertiary/aromatic N) is 3. The molecule has 2 aromatic heterocycles. The maximum Gasteiger partial charge on any atom is 0.180 e. The molecule has 0 aliphatic carbocycles. The van der Waals surface area contributed by atoms with E-state index in [1.165, 1.54) is 5.56 Å². The Hall–Kier alpha value is -2.69. The number of H-pyrrole nitrogens is 1. The molecule has 3 rings (SSSR count). The number of aromatic nitrogens is 3. The van der Waals surface area contributed by atoms with Crippen LogP contribution in [0, 0.1) is 0 Å². The van der Waals surface area contributed by atoms with Crippen molar-refractivity contribution in [1.29, 1.82) is 0 Å². The molecule has 0 spiro atoms. The van der Waals surface area contributed by atoms with Gasteiger partial charge in [-0.15, -0.1) is 0 Å². The van der Waals surface area contributed by atoms with Gasteiger partial charge in [-0.1, -0.05) is 39.0 Å². The maximum atomic E-state index is 6.02. The van der Waals surface area contributed by atoms with Crippen molar-refractivity contribution in [3.05, 3.63) is 35.9 Å². The second kappa shape index (κ2) is 6.20. The van der Waals surface area contributed by atoms with Gasteiger partial charge in [0, 0.05) is 11.8 Å². The highest BCUT2D eigenvalue weighted by Gasteiger charge is 2.10. The summed E-state index contributed by atoms with van der Waals surface area (Å²) in [7, 11) is 0. The molecular formula is C18H21N5. The van der Waals surface area contributed by atoms with Crippen molar-refractivity contribution in [2.75, 3.05) is 5.73 Å². The summed E-state index contributed by atoms with van der Waals surface area (Å²) < 4.78 is 0. The predicted molar refractivity (Wildman–Crippen MR) is 96.3 cm³/mol. The van der Waals surface area contributed by atoms with Gasteiger partial charge in [0.1, 0.15) is 5.82 Å². The monoisotopic (exact) mass is 307 g/mol. The topological polar surface area (TPSA) is 80.0 Å². The highest BCUT2D eigenvalue weighted by molar-refractivity contribution is 5.83. The van der Waals surface area contributed by atoms with Crippen molar-refractivity contribution in [3.8, 4) is 11.4 Å². The van der Waals surface area contributed by atoms with Gasteiger partial charge in [-0.05, 0) is 30.0 Å². The Morgan fingerprint density at radius 3 is 2.83 bits per heavy atom. The quantitative estimate of drug-likeness (QED) is 0.699. The van der Waals surface area contributed by atoms with Crippen molar-refractivity contribution in [1.82, 2.24) is 15.0 Å². The fourth-order valence-electron chi connectivity index (χ4n) is 2.41. The lowest BCUT2D eigenvalue weighted by Crippen LogP contribution is -1.89. The number of nitrogens with one attached hydrogen (secondary N) is 1. The number of pyridine rings is 1. The van der Waals surface area contributed by atoms with E-state index in [4.69, 9.17) is 5.73 Å². The first-order chi connectivity index (χ1) is 11.1. The number of anilines is 1. The zero-order valence-electron chi connectivity index (χ0n) is 13.7. The summed E-state index contributed by atoms with van der Waals surface area (Å²) in [6, 6.07) is 10.2. The zero-order chi connectivity index (χ0) is 16.4. The average Bonchev–Trinajstić information content (AvgIpc) is 2.95. The van der Waals surface area contributed by atoms with Crippen LogP contribution in [0.2, 0.25) is 0 Å². The van der Waals surface area contributed by atoms with E-state index in [1.807, 2.05) is 19.1 Å². The predicted octanol–water partition coefficient (Wildman–Crippen LogP) is 4.44. The van der Waals surface area contributed by atoms with Crippen LogP contribution >= 0.6 is 0 Å². The molecule has 3 aromatic rings. The molecule has 0 aliphatic rings. The van der Waals surface area contributed by atoms with Crippen molar-refractivity contribution >= 4 is 28.9 Å². The number of aliphatic imine (C=N–C) groups is 1. The lowest BCUT2D eigenvalue weighted by molar-refractivity contribution is 0.867. The van der Waals surface area contributed by atoms with Gasteiger partial charge in [-0.25, -0.2) is 15.0 Å². The first-order valence-corrected chi connectivity index (χ1v) is 7.87. The van der Waals surface area contributed by atoms with Crippen LogP contribution in [0.1, 0.15) is 38.7 Å². The molecule has 0 bridgehead atoms. The van der Waals surface area contributed by atoms with Crippen LogP contribution in [0.4, 0.5) is 11.5 Å². The van der Waals surface area contributed by atoms with Crippen LogP contribution in [-0.4, -0.2) is 21.2 Å². The summed E-state index contributed by atoms with van der Waals surface area (Å²) in [5, 5.41) is 0. The van der Waals surface area contributed by atoms with Gasteiger partial charge in [0.15, 0.2) is 11.5 Å². The second-order valence-electron chi connectivity index (χ2n) is 5.86. The normalized spacial score (nSPS) is 11.8. The Labute approximate surface area is 135 Å². The van der Waals surface area contributed by atoms with Gasteiger partial charge in [0.25, 0.3) is 0 Å². The van der Waals surface area contributed by atoms with Crippen molar-refractivity contribution < 1.29 is 0 Å². The van der Waals surface area contributed by atoms with Crippen LogP contribution in [0.5, 0.6) is 0 Å². The van der Waals surface area contributed by atoms with Gasteiger partial charge in [0.2, 0.25) is 0 Å². The first kappa shape index (κ1) is 15.2. The lowest BCUT2D eigenvalue weighted by atomic mass is 10.0. The smallest absolute Gasteiger partial charge is 0.180 e. The number of imidazole rings is 1. The number of nitrogen functional groups attached to an aromatic ring is 1. The Balaban J connectivity index is 2.06. The molecule has 5 heteroatoms. The Kier molecular flexibility index (Phi) is 4.10. The summed E-state index contributed by atoms with van der Waals surface area (Å²) in [5.74, 6) is 1.79. The summed E-state index contributed by atoms with van der Waals surface area (Å²) in [4.78, 5) is 16.6. The van der Waals surface area contributed by atoms with E-state index in [-0.39, 0.29) is 0 Å². The highest BCUT2D eigenvalue weighted by atomic mass is 15.0. The number of hydrogen-bond acceptors (Lipinski definition) is 4. The number of fused-ring (bicyclic) bond motifs is 1. The summed E-state index contributed by atoms with van der Waals surface area (Å²) in [6.45, 7) is 6.38. The molecule has 118 valence electrons. The van der Waals surface area contributed by atoms with Gasteiger partial charge in [-0.3, -0.25) is 0 Å². The van der Waals surface area contributed by atoms with E-state index in [9.17, 15) is 0 Å². The molecule has 0 amide bonds. The molecule has 0 aliphatic heterocycles. The van der Waals surface area contributed by atoms with Gasteiger partial charge in [-0.2, -0.15) is 0 Å². The zero-order valence-corrected chi connectivity index (χ0v) is 13.7. The molecule has 5 nitrogen and oxygen atoms in total. The molecule has 0 atom stereocenters. The van der Waals surface area contributed by atoms with Gasteiger partial charge >= 0.3 is 0 Å². The minimum atomic E-state index is 0.475. The van der Waals surface area contributed by atoms with Crippen LogP contribution < -0.4 is 5.73 Å². The van der Waals surface area contributed by atoms with Crippen molar-refractivity contribution in [2.24, 2.45) is 4.99 Å². The van der Waals surface area contributed by atoms with Crippen molar-refractivity contribution in [2.45, 2.75) is 33.1 Å². The Morgan fingerprint density at radius 1 is 1.26 bits per heavy atom. The Morgan fingerprint density at radius 2 is 2.09 bits per heavy atom. The maximum absolute atomic E-state index is 6.02. The number of nitrogens with two attached hydrogens (primary N) is 1. The van der Waals surface area contributed by atoms with Crippen molar-refractivity contribution in [3.63, 3.8) is 0 Å². The third-order valence-electron chi connectivity index (χ3n) is 3.70. The molecule has 0 saturated heterocycles. The van der Waals surface area contributed by atoms with Crippen LogP contribution in [-0.2, 0) is 0 Å². The fourth-order valence-corrected chi connectivity index (χ4v) is 2.41. The van der Waals surface area contributed by atoms with E-state index in [0.29, 0.717) is 23.1 Å². The SMILES string of the molecule is CCC=Nc1nc2nc(-c3cccc(C(C)C)c3)[nH]c2cc1N. The largest absolute Gasteiger partial charge is 0.396 e. The average molecular weight is 307 g/mol. The third-order valence-corrected chi connectivity index (χ3v) is 3.70. The lowest BCUT2D eigenvalue weighted by Gasteiger charge is -2.06. The minimum Gasteiger partial charge on any atom is -0.396 e. The van der Waals surface area contributed by atoms with E-state index < -0.39 is 0 Å². The Bertz CT molecular complexity index is 861. The van der Waals surface area contributed by atoms with Gasteiger partial charge in [0.05, 0.1) is 11.2 Å². The van der Waals surface area contributed by atoms with E-state index in [0.717, 1.165) is 23.3 Å². The molecule has 3 N–H and O–H groups in total. The standard InChI is InChI=1S/C18H21N5/c1-4-8-20-17-14(19)10-15-18(23-17)22-16(21-15)13-7-5-6-12(9-13)11(2)3/h5-11H,4,19H2,1-3H3,(H,21,22,23). The summed E-state index contributed by atoms with van der Waals surface area (Å²) >= 11 is 0. The first-order valence-electron chi connectivity index (χ1n) is 7.87. The van der Waals surface area contributed by atoms with E-state index >= 15 is 0 Å². The van der Waals surface area contributed by atoms with Gasteiger partial charge < -0.3 is 10.7 Å². The van der Waals surface area contributed by atoms with Crippen LogP contribution in [0.25, 0.3) is 22.6 Å². The molecule has 0 fully saturated rings. The van der Waals surface area contributed by atoms with Crippen LogP contribution in [0.15, 0.2) is 35.3 Å². The molecular weight excluding hydrogens is 286 g/mol. The molecule has 0 saturated carbocycles. The summed E-state index contributed by atoms with van der Waals surface area (Å²) in [5.41, 5.74) is 10.3. The molecule has 0 unspecified atom stereocenters.